The van der Waals surface area contributed by atoms with Crippen molar-refractivity contribution >= 4 is 28.7 Å². The van der Waals surface area contributed by atoms with Gasteiger partial charge in [-0.1, -0.05) is 18.2 Å². The number of pyridine rings is 1. The van der Waals surface area contributed by atoms with Gasteiger partial charge in [-0.3, -0.25) is 4.79 Å². The van der Waals surface area contributed by atoms with E-state index < -0.39 is 17.9 Å². The van der Waals surface area contributed by atoms with Crippen molar-refractivity contribution in [3.63, 3.8) is 0 Å². The Kier molecular flexibility index (Phi) is 7.53. The van der Waals surface area contributed by atoms with Crippen LogP contribution in [0.3, 0.4) is 0 Å². The number of nitrogens with one attached hydrogen (secondary N) is 2. The predicted octanol–water partition coefficient (Wildman–Crippen LogP) is 3.76. The molecular formula is C29H31N5O4. The number of benzene rings is 2. The van der Waals surface area contributed by atoms with Gasteiger partial charge in [-0.25, -0.2) is 14.8 Å². The molecule has 1 aliphatic rings. The Labute approximate surface area is 220 Å². The highest BCUT2D eigenvalue weighted by molar-refractivity contribution is 5.99. The van der Waals surface area contributed by atoms with Gasteiger partial charge in [0.15, 0.2) is 0 Å². The minimum atomic E-state index is -1.09. The third-order valence-electron chi connectivity index (χ3n) is 6.75. The number of hydrogen-bond acceptors (Lipinski definition) is 6. The highest BCUT2D eigenvalue weighted by Gasteiger charge is 2.21. The molecule has 0 aliphatic carbocycles. The monoisotopic (exact) mass is 513 g/mol. The fourth-order valence-electron chi connectivity index (χ4n) is 4.63. The predicted molar refractivity (Wildman–Crippen MR) is 145 cm³/mol. The molecule has 0 unspecified atom stereocenters. The average molecular weight is 514 g/mol. The molecule has 0 saturated carbocycles. The number of imidazole rings is 1. The van der Waals surface area contributed by atoms with Crippen molar-refractivity contribution < 1.29 is 19.4 Å². The molecule has 4 aromatic rings. The summed E-state index contributed by atoms with van der Waals surface area (Å²) in [6.45, 7) is 1.53. The van der Waals surface area contributed by atoms with Gasteiger partial charge in [-0.05, 0) is 73.2 Å². The number of carboxylic acids is 1. The number of carbonyl (C=O) groups is 2. The number of aliphatic carboxylic acids is 1. The molecule has 5 rings (SSSR count). The number of nitrogens with zero attached hydrogens (tertiary/aromatic N) is 3. The topological polar surface area (TPSA) is 118 Å². The van der Waals surface area contributed by atoms with E-state index in [-0.39, 0.29) is 6.42 Å². The van der Waals surface area contributed by atoms with Gasteiger partial charge in [0, 0.05) is 31.3 Å². The molecular weight excluding hydrogens is 482 g/mol. The van der Waals surface area contributed by atoms with Crippen LogP contribution in [0.25, 0.3) is 11.0 Å². The summed E-state index contributed by atoms with van der Waals surface area (Å²) in [4.78, 5) is 33.6. The van der Waals surface area contributed by atoms with Crippen molar-refractivity contribution in [2.75, 3.05) is 18.5 Å². The Morgan fingerprint density at radius 2 is 2.00 bits per heavy atom. The number of aryl methyl sites for hydroxylation is 3. The van der Waals surface area contributed by atoms with Crippen LogP contribution in [0.4, 0.5) is 5.82 Å². The van der Waals surface area contributed by atoms with Crippen LogP contribution in [0.1, 0.15) is 40.0 Å². The first kappa shape index (κ1) is 25.3. The first-order valence-corrected chi connectivity index (χ1v) is 12.9. The van der Waals surface area contributed by atoms with E-state index in [1.165, 1.54) is 5.56 Å². The number of fused-ring (bicyclic) bond motifs is 2. The first-order valence-electron chi connectivity index (χ1n) is 12.9. The lowest BCUT2D eigenvalue weighted by Crippen LogP contribution is -2.42. The Hall–Kier alpha value is -4.40. The quantitative estimate of drug-likeness (QED) is 0.276. The number of rotatable bonds is 10. The number of ether oxygens (including phenoxy) is 1. The Bertz CT molecular complexity index is 1450. The SMILES string of the molecule is Cn1cnc2cc(C(=O)N[C@H](Cc3ccc(OCCCc4ccc5c(n4)NCCC5)cc3)C(=O)O)ccc21. The van der Waals surface area contributed by atoms with Gasteiger partial charge in [0.2, 0.25) is 0 Å². The standard InChI is InChI=1S/C29H31N5O4/c1-34-18-31-24-17-21(9-13-26(24)34)28(35)33-25(29(36)37)16-19-6-11-23(12-7-19)38-15-3-5-22-10-8-20-4-2-14-30-27(20)32-22/h6-13,17-18,25H,2-5,14-16H2,1H3,(H,30,32)(H,33,35)(H,36,37)/t25-/m1/s1. The van der Waals surface area contributed by atoms with Crippen LogP contribution in [0.5, 0.6) is 5.75 Å². The van der Waals surface area contributed by atoms with E-state index in [2.05, 4.69) is 27.8 Å². The summed E-state index contributed by atoms with van der Waals surface area (Å²) in [5.41, 5.74) is 5.07. The number of carbonyl (C=O) groups excluding carboxylic acids is 1. The van der Waals surface area contributed by atoms with E-state index in [0.717, 1.165) is 54.8 Å². The molecule has 38 heavy (non-hydrogen) atoms. The molecule has 1 atom stereocenters. The summed E-state index contributed by atoms with van der Waals surface area (Å²) in [6.07, 6.45) is 5.73. The molecule has 0 bridgehead atoms. The highest BCUT2D eigenvalue weighted by atomic mass is 16.5. The summed E-state index contributed by atoms with van der Waals surface area (Å²) in [5, 5.41) is 15.7. The van der Waals surface area contributed by atoms with Crippen molar-refractivity contribution in [1.29, 1.82) is 0 Å². The van der Waals surface area contributed by atoms with Gasteiger partial charge < -0.3 is 25.0 Å². The van der Waals surface area contributed by atoms with Gasteiger partial charge in [0.25, 0.3) is 5.91 Å². The van der Waals surface area contributed by atoms with Gasteiger partial charge in [-0.2, -0.15) is 0 Å². The third-order valence-corrected chi connectivity index (χ3v) is 6.75. The van der Waals surface area contributed by atoms with Crippen LogP contribution < -0.4 is 15.4 Å². The summed E-state index contributed by atoms with van der Waals surface area (Å²) in [6, 6.07) is 15.6. The van der Waals surface area contributed by atoms with E-state index in [4.69, 9.17) is 9.72 Å². The molecule has 3 heterocycles. The number of carboxylic acid groups (broad SMARTS) is 1. The summed E-state index contributed by atoms with van der Waals surface area (Å²) >= 11 is 0. The molecule has 1 amide bonds. The van der Waals surface area contributed by atoms with Crippen LogP contribution in [-0.2, 0) is 31.1 Å². The fraction of sp³-hybridized carbons (Fsp3) is 0.310. The first-order chi connectivity index (χ1) is 18.5. The molecule has 9 heteroatoms. The Morgan fingerprint density at radius 1 is 1.16 bits per heavy atom. The van der Waals surface area contributed by atoms with E-state index >= 15 is 0 Å². The lowest BCUT2D eigenvalue weighted by Gasteiger charge is -2.17. The zero-order valence-electron chi connectivity index (χ0n) is 21.3. The summed E-state index contributed by atoms with van der Waals surface area (Å²) in [7, 11) is 1.87. The van der Waals surface area contributed by atoms with E-state index in [0.29, 0.717) is 23.4 Å². The van der Waals surface area contributed by atoms with Crippen LogP contribution in [0.2, 0.25) is 0 Å². The maximum absolute atomic E-state index is 12.7. The molecule has 0 saturated heterocycles. The zero-order chi connectivity index (χ0) is 26.5. The lowest BCUT2D eigenvalue weighted by molar-refractivity contribution is -0.139. The van der Waals surface area contributed by atoms with Crippen molar-refractivity contribution in [3.05, 3.63) is 83.3 Å². The maximum Gasteiger partial charge on any atom is 0.326 e. The second-order valence-corrected chi connectivity index (χ2v) is 9.56. The molecule has 0 fully saturated rings. The Morgan fingerprint density at radius 3 is 2.82 bits per heavy atom. The van der Waals surface area contributed by atoms with Crippen molar-refractivity contribution in [2.24, 2.45) is 7.05 Å². The number of anilines is 1. The molecule has 9 nitrogen and oxygen atoms in total. The lowest BCUT2D eigenvalue weighted by atomic mass is 10.0. The van der Waals surface area contributed by atoms with E-state index in [1.807, 2.05) is 35.9 Å². The highest BCUT2D eigenvalue weighted by Crippen LogP contribution is 2.20. The zero-order valence-corrected chi connectivity index (χ0v) is 21.3. The number of aromatic nitrogens is 3. The van der Waals surface area contributed by atoms with Gasteiger partial charge in [0.05, 0.1) is 24.0 Å². The minimum Gasteiger partial charge on any atom is -0.494 e. The number of amides is 1. The third kappa shape index (κ3) is 5.94. The van der Waals surface area contributed by atoms with Crippen molar-refractivity contribution in [1.82, 2.24) is 19.9 Å². The normalized spacial score (nSPS) is 13.4. The minimum absolute atomic E-state index is 0.158. The second kappa shape index (κ2) is 11.3. The van der Waals surface area contributed by atoms with Crippen LogP contribution >= 0.6 is 0 Å². The average Bonchev–Trinajstić information content (AvgIpc) is 3.31. The number of hydrogen-bond donors (Lipinski definition) is 3. The largest absolute Gasteiger partial charge is 0.494 e. The molecule has 2 aromatic heterocycles. The van der Waals surface area contributed by atoms with Crippen molar-refractivity contribution in [3.8, 4) is 5.75 Å². The summed E-state index contributed by atoms with van der Waals surface area (Å²) in [5.74, 6) is 0.182. The van der Waals surface area contributed by atoms with Gasteiger partial charge >= 0.3 is 5.97 Å². The van der Waals surface area contributed by atoms with Crippen LogP contribution in [0.15, 0.2) is 60.9 Å². The second-order valence-electron chi connectivity index (χ2n) is 9.56. The Balaban J connectivity index is 1.11. The van der Waals surface area contributed by atoms with Crippen LogP contribution in [-0.4, -0.2) is 50.7 Å². The maximum atomic E-state index is 12.7. The molecule has 2 aromatic carbocycles. The molecule has 1 aliphatic heterocycles. The molecule has 0 spiro atoms. The summed E-state index contributed by atoms with van der Waals surface area (Å²) < 4.78 is 7.73. The molecule has 196 valence electrons. The smallest absolute Gasteiger partial charge is 0.326 e. The van der Waals surface area contributed by atoms with E-state index in [1.54, 1.807) is 24.5 Å². The van der Waals surface area contributed by atoms with E-state index in [9.17, 15) is 14.7 Å². The molecule has 3 N–H and O–H groups in total. The van der Waals surface area contributed by atoms with Gasteiger partial charge in [0.1, 0.15) is 17.6 Å². The van der Waals surface area contributed by atoms with Crippen molar-refractivity contribution in [2.45, 2.75) is 38.1 Å². The van der Waals surface area contributed by atoms with Gasteiger partial charge in [-0.15, -0.1) is 0 Å². The van der Waals surface area contributed by atoms with Crippen LogP contribution in [0, 0.1) is 0 Å². The fourth-order valence-corrected chi connectivity index (χ4v) is 4.63. The molecule has 0 radical (unpaired) electrons.